The van der Waals surface area contributed by atoms with Gasteiger partial charge in [0.15, 0.2) is 5.82 Å². The van der Waals surface area contributed by atoms with E-state index in [9.17, 15) is 0 Å². The van der Waals surface area contributed by atoms with Crippen LogP contribution in [-0.4, -0.2) is 9.97 Å². The molecule has 1 heterocycles. The van der Waals surface area contributed by atoms with E-state index >= 15 is 0 Å². The van der Waals surface area contributed by atoms with Crippen LogP contribution in [0, 0.1) is 11.3 Å². The van der Waals surface area contributed by atoms with Crippen molar-refractivity contribution in [3.8, 4) is 6.07 Å². The Morgan fingerprint density at radius 2 is 2.14 bits per heavy atom. The fourth-order valence-electron chi connectivity index (χ4n) is 1.01. The lowest BCUT2D eigenvalue weighted by atomic mass is 10.1. The first-order valence-electron chi connectivity index (χ1n) is 4.35. The standard InChI is InChI=1S/C10H10ClN3/c1-2-4-8(7-12)9(11)10-13-5-3-6-14-10/h3,5-6H,2,4H2,1H3/b9-8-. The molecular weight excluding hydrogens is 198 g/mol. The summed E-state index contributed by atoms with van der Waals surface area (Å²) in [6.07, 6.45) is 4.75. The largest absolute Gasteiger partial charge is 0.236 e. The van der Waals surface area contributed by atoms with E-state index in [-0.39, 0.29) is 0 Å². The van der Waals surface area contributed by atoms with Crippen molar-refractivity contribution in [3.05, 3.63) is 29.9 Å². The predicted molar refractivity (Wildman–Crippen MR) is 55.3 cm³/mol. The highest BCUT2D eigenvalue weighted by molar-refractivity contribution is 6.49. The first kappa shape index (κ1) is 10.7. The van der Waals surface area contributed by atoms with Gasteiger partial charge in [0.1, 0.15) is 0 Å². The molecule has 1 aromatic rings. The number of rotatable bonds is 3. The van der Waals surface area contributed by atoms with Gasteiger partial charge in [0.05, 0.1) is 16.7 Å². The molecule has 3 nitrogen and oxygen atoms in total. The summed E-state index contributed by atoms with van der Waals surface area (Å²) in [4.78, 5) is 7.96. The van der Waals surface area contributed by atoms with Gasteiger partial charge in [-0.1, -0.05) is 24.9 Å². The lowest BCUT2D eigenvalue weighted by Crippen LogP contribution is -1.91. The molecular formula is C10H10ClN3. The minimum atomic E-state index is 0.356. The Morgan fingerprint density at radius 3 is 2.64 bits per heavy atom. The van der Waals surface area contributed by atoms with Crippen LogP contribution in [-0.2, 0) is 0 Å². The molecule has 0 aliphatic rings. The van der Waals surface area contributed by atoms with Gasteiger partial charge in [-0.15, -0.1) is 0 Å². The van der Waals surface area contributed by atoms with E-state index in [0.717, 1.165) is 6.42 Å². The zero-order valence-electron chi connectivity index (χ0n) is 7.87. The average molecular weight is 208 g/mol. The minimum Gasteiger partial charge on any atom is -0.236 e. The zero-order valence-corrected chi connectivity index (χ0v) is 8.62. The van der Waals surface area contributed by atoms with Crippen molar-refractivity contribution >= 4 is 16.6 Å². The fraction of sp³-hybridized carbons (Fsp3) is 0.300. The zero-order chi connectivity index (χ0) is 10.4. The van der Waals surface area contributed by atoms with Crippen LogP contribution in [0.15, 0.2) is 24.0 Å². The second-order valence-corrected chi connectivity index (χ2v) is 3.10. The number of hydrogen-bond acceptors (Lipinski definition) is 3. The molecule has 0 saturated heterocycles. The molecule has 0 atom stereocenters. The van der Waals surface area contributed by atoms with E-state index in [1.54, 1.807) is 18.5 Å². The Morgan fingerprint density at radius 1 is 1.50 bits per heavy atom. The first-order valence-corrected chi connectivity index (χ1v) is 4.73. The first-order chi connectivity index (χ1) is 6.79. The number of nitriles is 1. The van der Waals surface area contributed by atoms with E-state index < -0.39 is 0 Å². The number of hydrogen-bond donors (Lipinski definition) is 0. The van der Waals surface area contributed by atoms with Crippen molar-refractivity contribution in [1.29, 1.82) is 5.26 Å². The minimum absolute atomic E-state index is 0.356. The molecule has 14 heavy (non-hydrogen) atoms. The van der Waals surface area contributed by atoms with Gasteiger partial charge in [0, 0.05) is 12.4 Å². The molecule has 0 radical (unpaired) electrons. The number of nitrogens with zero attached hydrogens (tertiary/aromatic N) is 3. The van der Waals surface area contributed by atoms with Crippen LogP contribution in [0.2, 0.25) is 0 Å². The summed E-state index contributed by atoms with van der Waals surface area (Å²) in [7, 11) is 0. The second-order valence-electron chi connectivity index (χ2n) is 2.73. The van der Waals surface area contributed by atoms with Gasteiger partial charge < -0.3 is 0 Å². The van der Waals surface area contributed by atoms with Crippen molar-refractivity contribution in [2.24, 2.45) is 0 Å². The van der Waals surface area contributed by atoms with Gasteiger partial charge in [-0.25, -0.2) is 9.97 Å². The smallest absolute Gasteiger partial charge is 0.171 e. The molecule has 0 aromatic carbocycles. The van der Waals surface area contributed by atoms with Crippen LogP contribution in [0.3, 0.4) is 0 Å². The van der Waals surface area contributed by atoms with Crippen LogP contribution in [0.4, 0.5) is 0 Å². The Balaban J connectivity index is 3.03. The second kappa shape index (κ2) is 5.36. The summed E-state index contributed by atoms with van der Waals surface area (Å²) in [5.74, 6) is 0.416. The van der Waals surface area contributed by atoms with E-state index in [2.05, 4.69) is 16.0 Å². The van der Waals surface area contributed by atoms with E-state index in [0.29, 0.717) is 22.9 Å². The molecule has 0 bridgehead atoms. The van der Waals surface area contributed by atoms with Gasteiger partial charge in [0.2, 0.25) is 0 Å². The normalized spacial score (nSPS) is 11.8. The molecule has 0 fully saturated rings. The number of allylic oxidation sites excluding steroid dienone is 1. The fourth-order valence-corrected chi connectivity index (χ4v) is 1.25. The molecule has 1 aromatic heterocycles. The van der Waals surface area contributed by atoms with Crippen molar-refractivity contribution in [1.82, 2.24) is 9.97 Å². The summed E-state index contributed by atoms with van der Waals surface area (Å²) in [5.41, 5.74) is 0.542. The monoisotopic (exact) mass is 207 g/mol. The summed E-state index contributed by atoms with van der Waals surface area (Å²) in [6.45, 7) is 1.99. The van der Waals surface area contributed by atoms with Crippen molar-refractivity contribution in [2.45, 2.75) is 19.8 Å². The van der Waals surface area contributed by atoms with Crippen molar-refractivity contribution in [2.75, 3.05) is 0 Å². The number of halogens is 1. The molecule has 0 spiro atoms. The third-order valence-electron chi connectivity index (χ3n) is 1.66. The molecule has 0 N–H and O–H groups in total. The Labute approximate surface area is 88.1 Å². The van der Waals surface area contributed by atoms with Crippen LogP contribution in [0.1, 0.15) is 25.6 Å². The summed E-state index contributed by atoms with van der Waals surface area (Å²) in [5, 5.41) is 9.20. The van der Waals surface area contributed by atoms with Gasteiger partial charge in [-0.3, -0.25) is 0 Å². The quantitative estimate of drug-likeness (QED) is 0.717. The lowest BCUT2D eigenvalue weighted by molar-refractivity contribution is 0.930. The van der Waals surface area contributed by atoms with Gasteiger partial charge in [-0.2, -0.15) is 5.26 Å². The van der Waals surface area contributed by atoms with Crippen LogP contribution in [0.5, 0.6) is 0 Å². The number of aromatic nitrogens is 2. The Bertz CT molecular complexity index is 365. The van der Waals surface area contributed by atoms with Crippen molar-refractivity contribution < 1.29 is 0 Å². The Hall–Kier alpha value is -1.40. The third-order valence-corrected chi connectivity index (χ3v) is 2.06. The van der Waals surface area contributed by atoms with E-state index in [4.69, 9.17) is 16.9 Å². The maximum atomic E-state index is 8.84. The third kappa shape index (κ3) is 2.54. The van der Waals surface area contributed by atoms with Gasteiger partial charge in [0.25, 0.3) is 0 Å². The van der Waals surface area contributed by atoms with E-state index in [1.165, 1.54) is 0 Å². The average Bonchev–Trinajstić information content (AvgIpc) is 2.26. The van der Waals surface area contributed by atoms with Crippen LogP contribution in [0.25, 0.3) is 5.03 Å². The molecule has 0 unspecified atom stereocenters. The lowest BCUT2D eigenvalue weighted by Gasteiger charge is -1.99. The maximum Gasteiger partial charge on any atom is 0.171 e. The topological polar surface area (TPSA) is 49.6 Å². The van der Waals surface area contributed by atoms with Crippen molar-refractivity contribution in [3.63, 3.8) is 0 Å². The maximum absolute atomic E-state index is 8.84. The summed E-state index contributed by atoms with van der Waals surface area (Å²) >= 11 is 5.98. The molecule has 72 valence electrons. The SMILES string of the molecule is CCC/C(C#N)=C(/Cl)c1ncccn1. The van der Waals surface area contributed by atoms with Gasteiger partial charge in [-0.05, 0) is 12.5 Å². The molecule has 0 saturated carbocycles. The molecule has 1 rings (SSSR count). The van der Waals surface area contributed by atoms with Crippen LogP contribution >= 0.6 is 11.6 Å². The summed E-state index contributed by atoms with van der Waals surface area (Å²) < 4.78 is 0. The molecule has 0 amide bonds. The van der Waals surface area contributed by atoms with Crippen LogP contribution < -0.4 is 0 Å². The highest BCUT2D eigenvalue weighted by atomic mass is 35.5. The van der Waals surface area contributed by atoms with Gasteiger partial charge >= 0.3 is 0 Å². The predicted octanol–water partition coefficient (Wildman–Crippen LogP) is 2.75. The molecule has 0 aliphatic carbocycles. The molecule has 4 heteroatoms. The molecule has 0 aliphatic heterocycles. The Kier molecular flexibility index (Phi) is 4.09. The summed E-state index contributed by atoms with van der Waals surface area (Å²) in [6, 6.07) is 3.78. The highest BCUT2D eigenvalue weighted by Crippen LogP contribution is 2.21. The van der Waals surface area contributed by atoms with E-state index in [1.807, 2.05) is 6.92 Å². The highest BCUT2D eigenvalue weighted by Gasteiger charge is 2.07.